The third-order valence-corrected chi connectivity index (χ3v) is 4.56. The van der Waals surface area contributed by atoms with Crippen LogP contribution in [0.25, 0.3) is 11.5 Å². The van der Waals surface area contributed by atoms with Crippen molar-refractivity contribution >= 4 is 6.29 Å². The van der Waals surface area contributed by atoms with E-state index in [2.05, 4.69) is 19.4 Å². The van der Waals surface area contributed by atoms with Crippen LogP contribution >= 0.6 is 0 Å². The average Bonchev–Trinajstić information content (AvgIpc) is 3.24. The number of nitrogens with zero attached hydrogens (tertiary/aromatic N) is 2. The number of benzene rings is 1. The molecule has 2 heterocycles. The van der Waals surface area contributed by atoms with Gasteiger partial charge >= 0.3 is 12.4 Å². The van der Waals surface area contributed by atoms with Gasteiger partial charge in [0, 0.05) is 18.2 Å². The highest BCUT2D eigenvalue weighted by molar-refractivity contribution is 5.60. The molecule has 0 bridgehead atoms. The minimum Gasteiger partial charge on any atom is -0.480 e. The lowest BCUT2D eigenvalue weighted by Gasteiger charge is -2.15. The van der Waals surface area contributed by atoms with Crippen molar-refractivity contribution in [3.63, 3.8) is 0 Å². The van der Waals surface area contributed by atoms with E-state index in [4.69, 9.17) is 4.42 Å². The lowest BCUT2D eigenvalue weighted by atomic mass is 9.95. The fourth-order valence-corrected chi connectivity index (χ4v) is 3.10. The van der Waals surface area contributed by atoms with Gasteiger partial charge in [0.2, 0.25) is 5.89 Å². The monoisotopic (exact) mass is 488 g/mol. The topological polar surface area (TPSA) is 74.5 Å². The Morgan fingerprint density at radius 3 is 2.32 bits per heavy atom. The van der Waals surface area contributed by atoms with E-state index in [1.807, 2.05) is 13.0 Å². The first-order valence-corrected chi connectivity index (χ1v) is 9.81. The minimum atomic E-state index is -4.73. The number of aryl methyl sites for hydroxylation is 1. The Hall–Kier alpha value is -3.57. The number of oxazole rings is 1. The SMILES string of the molecule is Cc1cccnc1C(CC=O)c1coc(-c2ccc(OCC(F)(F)F)c(OCC(F)(F)F)c2)n1. The van der Waals surface area contributed by atoms with Crippen LogP contribution in [-0.2, 0) is 4.79 Å². The van der Waals surface area contributed by atoms with Crippen LogP contribution in [0.5, 0.6) is 11.5 Å². The fourth-order valence-electron chi connectivity index (χ4n) is 3.10. The zero-order valence-corrected chi connectivity index (χ0v) is 17.6. The number of hydrogen-bond acceptors (Lipinski definition) is 6. The van der Waals surface area contributed by atoms with Crippen molar-refractivity contribution < 1.29 is 45.0 Å². The molecule has 0 fully saturated rings. The van der Waals surface area contributed by atoms with Gasteiger partial charge in [-0.15, -0.1) is 0 Å². The van der Waals surface area contributed by atoms with Gasteiger partial charge < -0.3 is 18.7 Å². The third kappa shape index (κ3) is 6.72. The van der Waals surface area contributed by atoms with Crippen molar-refractivity contribution in [2.45, 2.75) is 31.6 Å². The molecule has 2 aromatic heterocycles. The van der Waals surface area contributed by atoms with Gasteiger partial charge in [-0.3, -0.25) is 4.98 Å². The van der Waals surface area contributed by atoms with E-state index in [1.165, 1.54) is 12.3 Å². The summed E-state index contributed by atoms with van der Waals surface area (Å²) in [4.78, 5) is 19.8. The number of aldehydes is 1. The Labute approximate surface area is 189 Å². The van der Waals surface area contributed by atoms with Crippen LogP contribution in [-0.4, -0.2) is 41.8 Å². The van der Waals surface area contributed by atoms with Gasteiger partial charge in [0.1, 0.15) is 12.5 Å². The number of carbonyl (C=O) groups excluding carboxylic acids is 1. The molecule has 1 unspecified atom stereocenters. The van der Waals surface area contributed by atoms with Crippen LogP contribution in [0.3, 0.4) is 0 Å². The Morgan fingerprint density at radius 1 is 1.03 bits per heavy atom. The first-order chi connectivity index (χ1) is 16.0. The molecule has 34 heavy (non-hydrogen) atoms. The summed E-state index contributed by atoms with van der Waals surface area (Å²) in [6.07, 6.45) is -5.84. The molecule has 0 aliphatic rings. The molecule has 0 spiro atoms. The highest BCUT2D eigenvalue weighted by atomic mass is 19.4. The second-order valence-corrected chi connectivity index (χ2v) is 7.21. The summed E-state index contributed by atoms with van der Waals surface area (Å²) in [5.74, 6) is -1.67. The van der Waals surface area contributed by atoms with E-state index in [0.29, 0.717) is 17.7 Å². The second-order valence-electron chi connectivity index (χ2n) is 7.21. The Balaban J connectivity index is 1.93. The van der Waals surface area contributed by atoms with Crippen molar-refractivity contribution in [3.05, 3.63) is 59.7 Å². The fraction of sp³-hybridized carbons (Fsp3) is 0.318. The summed E-state index contributed by atoms with van der Waals surface area (Å²) in [5.41, 5.74) is 1.89. The molecular formula is C22H18F6N2O4. The number of hydrogen-bond donors (Lipinski definition) is 0. The second kappa shape index (κ2) is 10.1. The van der Waals surface area contributed by atoms with Crippen LogP contribution < -0.4 is 9.47 Å². The zero-order valence-electron chi connectivity index (χ0n) is 17.6. The van der Waals surface area contributed by atoms with Gasteiger partial charge in [0.25, 0.3) is 0 Å². The van der Waals surface area contributed by atoms with Crippen molar-refractivity contribution in [1.29, 1.82) is 0 Å². The largest absolute Gasteiger partial charge is 0.480 e. The van der Waals surface area contributed by atoms with Gasteiger partial charge in [0.05, 0.1) is 17.3 Å². The van der Waals surface area contributed by atoms with Crippen LogP contribution in [0.1, 0.15) is 29.3 Å². The maximum absolute atomic E-state index is 12.6. The standard InChI is InChI=1S/C22H18F6N2O4/c1-13-3-2-7-29-19(13)15(6-8-31)16-10-32-20(30-16)14-4-5-17(33-11-21(23,24)25)18(9-14)34-12-22(26,27)28/h2-5,7-10,15H,6,11-12H2,1H3. The number of alkyl halides is 6. The van der Waals surface area contributed by atoms with E-state index in [-0.39, 0.29) is 17.9 Å². The third-order valence-electron chi connectivity index (χ3n) is 4.56. The Morgan fingerprint density at radius 2 is 1.71 bits per heavy atom. The molecule has 1 atom stereocenters. The predicted octanol–water partition coefficient (Wildman–Crippen LogP) is 5.65. The lowest BCUT2D eigenvalue weighted by molar-refractivity contribution is -0.158. The van der Waals surface area contributed by atoms with Gasteiger partial charge in [0.15, 0.2) is 24.7 Å². The van der Waals surface area contributed by atoms with E-state index in [0.717, 1.165) is 17.7 Å². The Bertz CT molecular complexity index is 1130. The smallest absolute Gasteiger partial charge is 0.422 e. The van der Waals surface area contributed by atoms with Crippen LogP contribution in [0, 0.1) is 6.92 Å². The van der Waals surface area contributed by atoms with Crippen LogP contribution in [0.2, 0.25) is 0 Å². The normalized spacial score (nSPS) is 12.9. The summed E-state index contributed by atoms with van der Waals surface area (Å²) in [5, 5.41) is 0. The number of halogens is 6. The number of pyridine rings is 1. The van der Waals surface area contributed by atoms with Crippen molar-refractivity contribution in [1.82, 2.24) is 9.97 Å². The van der Waals surface area contributed by atoms with Crippen molar-refractivity contribution in [2.75, 3.05) is 13.2 Å². The van der Waals surface area contributed by atoms with E-state index < -0.39 is 43.0 Å². The highest BCUT2D eigenvalue weighted by Gasteiger charge is 2.31. The number of aromatic nitrogens is 2. The maximum atomic E-state index is 12.6. The molecule has 0 aliphatic carbocycles. The zero-order chi connectivity index (χ0) is 24.9. The minimum absolute atomic E-state index is 0.0429. The van der Waals surface area contributed by atoms with E-state index in [1.54, 1.807) is 12.3 Å². The Kier molecular flexibility index (Phi) is 7.48. The molecule has 0 N–H and O–H groups in total. The summed E-state index contributed by atoms with van der Waals surface area (Å²) in [6.45, 7) is -1.64. The quantitative estimate of drug-likeness (QED) is 0.286. The number of carbonyl (C=O) groups is 1. The van der Waals surface area contributed by atoms with Gasteiger partial charge in [-0.25, -0.2) is 4.98 Å². The maximum Gasteiger partial charge on any atom is 0.422 e. The molecule has 0 saturated heterocycles. The molecule has 0 saturated carbocycles. The van der Waals surface area contributed by atoms with Gasteiger partial charge in [-0.2, -0.15) is 26.3 Å². The van der Waals surface area contributed by atoms with Gasteiger partial charge in [-0.05, 0) is 36.8 Å². The summed E-state index contributed by atoms with van der Waals surface area (Å²) < 4.78 is 90.1. The molecule has 3 aromatic rings. The molecule has 182 valence electrons. The molecule has 12 heteroatoms. The average molecular weight is 488 g/mol. The van der Waals surface area contributed by atoms with Crippen LogP contribution in [0.15, 0.2) is 47.2 Å². The van der Waals surface area contributed by atoms with E-state index >= 15 is 0 Å². The molecule has 0 radical (unpaired) electrons. The molecule has 0 amide bonds. The first-order valence-electron chi connectivity index (χ1n) is 9.81. The molecule has 6 nitrogen and oxygen atoms in total. The summed E-state index contributed by atoms with van der Waals surface area (Å²) in [6, 6.07) is 6.87. The van der Waals surface area contributed by atoms with Crippen LogP contribution in [0.4, 0.5) is 26.3 Å². The van der Waals surface area contributed by atoms with Gasteiger partial charge in [-0.1, -0.05) is 6.07 Å². The van der Waals surface area contributed by atoms with E-state index in [9.17, 15) is 31.1 Å². The number of ether oxygens (including phenoxy) is 2. The lowest BCUT2D eigenvalue weighted by Crippen LogP contribution is -2.21. The summed E-state index contributed by atoms with van der Waals surface area (Å²) in [7, 11) is 0. The van der Waals surface area contributed by atoms with Crippen molar-refractivity contribution in [3.8, 4) is 23.0 Å². The predicted molar refractivity (Wildman–Crippen MR) is 107 cm³/mol. The molecule has 1 aromatic carbocycles. The highest BCUT2D eigenvalue weighted by Crippen LogP contribution is 2.36. The van der Waals surface area contributed by atoms with Crippen molar-refractivity contribution in [2.24, 2.45) is 0 Å². The molecular weight excluding hydrogens is 470 g/mol. The molecule has 0 aliphatic heterocycles. The first kappa shape index (κ1) is 25.1. The summed E-state index contributed by atoms with van der Waals surface area (Å²) >= 11 is 0. The molecule has 3 rings (SSSR count). The number of rotatable bonds is 9.